The van der Waals surface area contributed by atoms with E-state index in [2.05, 4.69) is 118 Å². The molecule has 0 saturated heterocycles. The summed E-state index contributed by atoms with van der Waals surface area (Å²) in [5.41, 5.74) is 23.1. The van der Waals surface area contributed by atoms with E-state index < -0.39 is 0 Å². The number of benzene rings is 5. The molecule has 10 aromatic rings. The minimum atomic E-state index is 0.557. The van der Waals surface area contributed by atoms with Crippen LogP contribution in [0, 0.1) is 35.5 Å². The third kappa shape index (κ3) is 4.95. The molecule has 5 aromatic heterocycles. The maximum absolute atomic E-state index is 5.75. The van der Waals surface area contributed by atoms with E-state index in [0.717, 1.165) is 35.5 Å². The first-order chi connectivity index (χ1) is 35.1. The van der Waals surface area contributed by atoms with Gasteiger partial charge in [-0.2, -0.15) is 0 Å². The second-order valence-electron chi connectivity index (χ2n) is 25.7. The van der Waals surface area contributed by atoms with Gasteiger partial charge in [0.1, 0.15) is 0 Å². The lowest BCUT2D eigenvalue weighted by Crippen LogP contribution is -2.25. The molecule has 6 unspecified atom stereocenters. The smallest absolute Gasteiger partial charge is 0.0729 e. The highest BCUT2D eigenvalue weighted by Gasteiger charge is 2.48. The second kappa shape index (κ2) is 13.5. The summed E-state index contributed by atoms with van der Waals surface area (Å²) < 4.78 is 5.63. The van der Waals surface area contributed by atoms with E-state index >= 15 is 0 Å². The van der Waals surface area contributed by atoms with E-state index in [1.54, 1.807) is 33.0 Å². The Morgan fingerprint density at radius 1 is 0.366 bits per heavy atom. The number of para-hydroxylation sites is 1. The Balaban J connectivity index is 1.07. The molecule has 5 aromatic carbocycles. The first-order valence-electron chi connectivity index (χ1n) is 28.4. The molecule has 0 aliphatic heterocycles. The summed E-state index contributed by atoms with van der Waals surface area (Å²) in [4.78, 5) is 11.5. The first-order valence-corrected chi connectivity index (χ1v) is 28.4. The van der Waals surface area contributed by atoms with Gasteiger partial charge < -0.3 is 8.97 Å². The Bertz CT molecular complexity index is 3870. The van der Waals surface area contributed by atoms with Gasteiger partial charge in [0, 0.05) is 66.7 Å². The van der Waals surface area contributed by atoms with Crippen LogP contribution >= 0.6 is 0 Å². The van der Waals surface area contributed by atoms with Crippen LogP contribution in [0.5, 0.6) is 0 Å². The maximum atomic E-state index is 5.75. The quantitative estimate of drug-likeness (QED) is 0.177. The molecule has 4 nitrogen and oxygen atoms in total. The van der Waals surface area contributed by atoms with Crippen LogP contribution in [-0.2, 0) is 0 Å². The van der Waals surface area contributed by atoms with Crippen LogP contribution in [0.3, 0.4) is 0 Å². The lowest BCUT2D eigenvalue weighted by Gasteiger charge is -2.38. The molecule has 0 radical (unpaired) electrons. The fourth-order valence-electron chi connectivity index (χ4n) is 20.2. The van der Waals surface area contributed by atoms with E-state index in [0.29, 0.717) is 35.5 Å². The normalized spacial score (nSPS) is 31.7. The number of aromatic nitrogens is 4. The Morgan fingerprint density at radius 2 is 0.831 bits per heavy atom. The van der Waals surface area contributed by atoms with Crippen LogP contribution in [0.4, 0.5) is 0 Å². The largest absolute Gasteiger partial charge is 0.307 e. The number of nitrogens with zero attached hydrogens (tertiary/aromatic N) is 4. The van der Waals surface area contributed by atoms with Gasteiger partial charge >= 0.3 is 0 Å². The topological polar surface area (TPSA) is 35.1 Å². The van der Waals surface area contributed by atoms with Crippen molar-refractivity contribution in [1.29, 1.82) is 0 Å². The molecule has 6 atom stereocenters. The molecule has 71 heavy (non-hydrogen) atoms. The Labute approximate surface area is 415 Å². The average Bonchev–Trinajstić information content (AvgIpc) is 3.89. The van der Waals surface area contributed by atoms with E-state index in [1.165, 1.54) is 185 Å². The van der Waals surface area contributed by atoms with Crippen LogP contribution in [-0.4, -0.2) is 18.9 Å². The maximum Gasteiger partial charge on any atom is 0.0729 e. The highest BCUT2D eigenvalue weighted by atomic mass is 15.0. The summed E-state index contributed by atoms with van der Waals surface area (Å²) in [7, 11) is 0. The minimum absolute atomic E-state index is 0.557. The van der Waals surface area contributed by atoms with Crippen molar-refractivity contribution in [2.75, 3.05) is 0 Å². The molecule has 0 spiro atoms. The van der Waals surface area contributed by atoms with E-state index in [1.807, 2.05) is 0 Å². The van der Waals surface area contributed by atoms with Gasteiger partial charge in [-0.25, -0.2) is 0 Å². The molecule has 348 valence electrons. The second-order valence-corrected chi connectivity index (χ2v) is 25.7. The van der Waals surface area contributed by atoms with Crippen LogP contribution in [0.2, 0.25) is 0 Å². The summed E-state index contributed by atoms with van der Waals surface area (Å²) in [5.74, 6) is 8.64. The van der Waals surface area contributed by atoms with E-state index in [-0.39, 0.29) is 0 Å². The van der Waals surface area contributed by atoms with Crippen LogP contribution < -0.4 is 0 Å². The van der Waals surface area contributed by atoms with Gasteiger partial charge in [0.15, 0.2) is 0 Å². The van der Waals surface area contributed by atoms with Crippen molar-refractivity contribution < 1.29 is 0 Å². The zero-order valence-corrected chi connectivity index (χ0v) is 40.7. The van der Waals surface area contributed by atoms with Crippen LogP contribution in [0.1, 0.15) is 165 Å². The third-order valence-electron chi connectivity index (χ3n) is 22.0. The SMILES string of the molecule is c1ccc(-c2cccc(-c3ccccc3)c2-n2c3ccc4c(c3c3cc5c6c7c(ncc6n6c8cnc9c(c8c(c32)c56)C2CC3CC(CC9C3)C2)C2CC3CC(C2)CC7C3)C2CC3CC(CC4C3)C2)cc1. The van der Waals surface area contributed by atoms with Gasteiger partial charge in [0.2, 0.25) is 0 Å². The van der Waals surface area contributed by atoms with Crippen molar-refractivity contribution in [3.8, 4) is 27.9 Å². The first kappa shape index (κ1) is 38.6. The molecular weight excluding hydrogens is 861 g/mol. The summed E-state index contributed by atoms with van der Waals surface area (Å²) in [6, 6.07) is 38.0. The lowest BCUT2D eigenvalue weighted by atomic mass is 9.67. The molecule has 0 N–H and O–H groups in total. The van der Waals surface area contributed by atoms with Crippen molar-refractivity contribution in [1.82, 2.24) is 18.9 Å². The molecule has 6 fully saturated rings. The summed E-state index contributed by atoms with van der Waals surface area (Å²) in [6.45, 7) is 0. The van der Waals surface area contributed by atoms with Gasteiger partial charge in [-0.15, -0.1) is 0 Å². The molecular formula is C67H60N4. The van der Waals surface area contributed by atoms with E-state index in [9.17, 15) is 0 Å². The molecule has 12 aliphatic carbocycles. The number of fused-ring (bicyclic) bond motifs is 10. The number of pyridine rings is 2. The fraction of sp³-hybridized carbons (Fsp3) is 0.403. The average molecular weight is 921 g/mol. The third-order valence-corrected chi connectivity index (χ3v) is 22.0. The Morgan fingerprint density at radius 3 is 1.39 bits per heavy atom. The summed E-state index contributed by atoms with van der Waals surface area (Å²) >= 11 is 0. The highest BCUT2D eigenvalue weighted by molar-refractivity contribution is 6.35. The van der Waals surface area contributed by atoms with Crippen molar-refractivity contribution in [2.24, 2.45) is 35.5 Å². The van der Waals surface area contributed by atoms with Gasteiger partial charge in [0.25, 0.3) is 0 Å². The van der Waals surface area contributed by atoms with Crippen molar-refractivity contribution in [3.63, 3.8) is 0 Å². The number of rotatable bonds is 3. The van der Waals surface area contributed by atoms with Crippen LogP contribution in [0.15, 0.2) is 109 Å². The highest BCUT2D eigenvalue weighted by Crippen LogP contribution is 2.63. The van der Waals surface area contributed by atoms with E-state index in [4.69, 9.17) is 9.97 Å². The zero-order chi connectivity index (χ0) is 45.5. The molecule has 0 amide bonds. The van der Waals surface area contributed by atoms with Gasteiger partial charge in [0.05, 0.1) is 45.7 Å². The fourth-order valence-corrected chi connectivity index (χ4v) is 20.2. The van der Waals surface area contributed by atoms with Gasteiger partial charge in [-0.05, 0) is 201 Å². The van der Waals surface area contributed by atoms with Gasteiger partial charge in [-0.3, -0.25) is 9.97 Å². The molecule has 22 rings (SSSR count). The predicted molar refractivity (Wildman–Crippen MR) is 289 cm³/mol. The minimum Gasteiger partial charge on any atom is -0.307 e. The Kier molecular flexibility index (Phi) is 7.37. The molecule has 12 aliphatic rings. The molecule has 5 heterocycles. The lowest BCUT2D eigenvalue weighted by molar-refractivity contribution is 0.165. The van der Waals surface area contributed by atoms with Crippen molar-refractivity contribution >= 4 is 59.9 Å². The van der Waals surface area contributed by atoms with Crippen molar-refractivity contribution in [2.45, 2.75) is 132 Å². The standard InChI is InChI=1S/C67H60N4/c1-3-8-40(9-4-1)49-12-7-13-50(41-10-5-2-6-11-41)65(49)71-53-15-14-48-42-19-34-16-35(20-42)22-43(21-34)56(48)59(53)51-31-52-60-54(32-68-63-46-27-36-17-37(28-46)24-44(23-36)57(60)63)70-55-33-69-64-47-29-38-18-39(30-47)26-45(25-38)58(64)61(55)62(66(52)70)67(51)71/h1-15,31-39,42-47H,16-30H2. The van der Waals surface area contributed by atoms with Crippen molar-refractivity contribution in [3.05, 3.63) is 143 Å². The number of hydrogen-bond acceptors (Lipinski definition) is 2. The molecule has 12 bridgehead atoms. The molecule has 6 saturated carbocycles. The zero-order valence-electron chi connectivity index (χ0n) is 40.7. The number of hydrogen-bond donors (Lipinski definition) is 0. The summed E-state index contributed by atoms with van der Waals surface area (Å²) in [6.07, 6.45) is 25.2. The Hall–Kier alpha value is -6.00. The summed E-state index contributed by atoms with van der Waals surface area (Å²) in [5, 5.41) is 9.16. The monoisotopic (exact) mass is 920 g/mol. The van der Waals surface area contributed by atoms with Crippen LogP contribution in [0.25, 0.3) is 87.8 Å². The van der Waals surface area contributed by atoms with Gasteiger partial charge in [-0.1, -0.05) is 84.9 Å². The molecule has 4 heteroatoms. The predicted octanol–water partition coefficient (Wildman–Crippen LogP) is 17.2.